The lowest BCUT2D eigenvalue weighted by Crippen LogP contribution is -2.48. The molecule has 2 aliphatic rings. The van der Waals surface area contributed by atoms with Gasteiger partial charge in [0.1, 0.15) is 0 Å². The molecular formula is C10H24N2O. The highest BCUT2D eigenvalue weighted by Crippen LogP contribution is 2.14. The minimum atomic E-state index is 0. The lowest BCUT2D eigenvalue weighted by atomic mass is 10.1. The Hall–Kier alpha value is -0.120. The third-order valence-electron chi connectivity index (χ3n) is 2.47. The summed E-state index contributed by atoms with van der Waals surface area (Å²) in [5.41, 5.74) is 0. The summed E-state index contributed by atoms with van der Waals surface area (Å²) in [5.74, 6) is 0. The van der Waals surface area contributed by atoms with Crippen molar-refractivity contribution < 1.29 is 4.74 Å². The highest BCUT2D eigenvalue weighted by atomic mass is 16.5. The van der Waals surface area contributed by atoms with Crippen molar-refractivity contribution in [1.82, 2.24) is 10.2 Å². The molecule has 0 aliphatic carbocycles. The lowest BCUT2D eigenvalue weighted by Gasteiger charge is -2.33. The van der Waals surface area contributed by atoms with Crippen LogP contribution < -0.4 is 5.32 Å². The van der Waals surface area contributed by atoms with Gasteiger partial charge in [-0.1, -0.05) is 21.3 Å². The molecule has 0 aromatic rings. The van der Waals surface area contributed by atoms with Gasteiger partial charge in [0, 0.05) is 25.7 Å². The van der Waals surface area contributed by atoms with E-state index in [1.54, 1.807) is 0 Å². The Morgan fingerprint density at radius 2 is 2.00 bits per heavy atom. The highest BCUT2D eigenvalue weighted by molar-refractivity contribution is 4.90. The Balaban J connectivity index is 0.000000451. The van der Waals surface area contributed by atoms with Crippen molar-refractivity contribution in [2.45, 2.75) is 33.4 Å². The van der Waals surface area contributed by atoms with E-state index in [2.05, 4.69) is 17.3 Å². The topological polar surface area (TPSA) is 24.5 Å². The van der Waals surface area contributed by atoms with E-state index in [0.717, 1.165) is 26.2 Å². The van der Waals surface area contributed by atoms with Gasteiger partial charge in [0.15, 0.2) is 0 Å². The van der Waals surface area contributed by atoms with E-state index in [4.69, 9.17) is 4.74 Å². The van der Waals surface area contributed by atoms with Crippen LogP contribution in [0.15, 0.2) is 0 Å². The van der Waals surface area contributed by atoms with Crippen LogP contribution in [0.5, 0.6) is 0 Å². The average molecular weight is 188 g/mol. The quantitative estimate of drug-likeness (QED) is 0.612. The van der Waals surface area contributed by atoms with Crippen LogP contribution in [-0.2, 0) is 4.74 Å². The van der Waals surface area contributed by atoms with Gasteiger partial charge in [-0.05, 0) is 7.05 Å². The van der Waals surface area contributed by atoms with Gasteiger partial charge in [-0.3, -0.25) is 4.90 Å². The molecule has 2 heterocycles. The summed E-state index contributed by atoms with van der Waals surface area (Å²) in [7, 11) is 2.17. The minimum Gasteiger partial charge on any atom is -0.374 e. The van der Waals surface area contributed by atoms with Crippen molar-refractivity contribution in [2.75, 3.05) is 33.3 Å². The molecule has 13 heavy (non-hydrogen) atoms. The monoisotopic (exact) mass is 188 g/mol. The first-order chi connectivity index (χ1) is 5.88. The molecule has 0 radical (unpaired) electrons. The first kappa shape index (κ1) is 12.9. The van der Waals surface area contributed by atoms with Gasteiger partial charge < -0.3 is 10.1 Å². The van der Waals surface area contributed by atoms with Crippen molar-refractivity contribution in [3.8, 4) is 0 Å². The maximum absolute atomic E-state index is 5.57. The first-order valence-electron chi connectivity index (χ1n) is 4.90. The fourth-order valence-electron chi connectivity index (χ4n) is 1.76. The van der Waals surface area contributed by atoms with Crippen LogP contribution in [-0.4, -0.2) is 50.3 Å². The molecule has 0 bridgehead atoms. The summed E-state index contributed by atoms with van der Waals surface area (Å²) >= 11 is 0. The van der Waals surface area contributed by atoms with Crippen LogP contribution in [0.3, 0.4) is 0 Å². The van der Waals surface area contributed by atoms with Gasteiger partial charge in [-0.2, -0.15) is 0 Å². The molecule has 0 amide bonds. The zero-order valence-electron chi connectivity index (χ0n) is 8.34. The molecule has 2 fully saturated rings. The predicted octanol–water partition coefficient (Wildman–Crippen LogP) is 0.951. The molecule has 0 saturated carbocycles. The number of nitrogens with zero attached hydrogens (tertiary/aromatic N) is 1. The zero-order chi connectivity index (χ0) is 8.97. The fraction of sp³-hybridized carbons (Fsp3) is 1.00. The van der Waals surface area contributed by atoms with E-state index in [1.807, 2.05) is 13.8 Å². The van der Waals surface area contributed by atoms with E-state index in [9.17, 15) is 0 Å². The molecule has 2 rings (SSSR count). The standard InChI is InChI=1S/C7H14N2O.C2H6.CH4/c1-9-2-3-10-7-5-8-4-6(7)9;1-2;/h6-8H,2-5H2,1H3;1-2H3;1H4. The zero-order valence-corrected chi connectivity index (χ0v) is 8.34. The molecule has 80 valence electrons. The lowest BCUT2D eigenvalue weighted by molar-refractivity contribution is -0.0363. The van der Waals surface area contributed by atoms with E-state index in [0.29, 0.717) is 12.1 Å². The number of morpholine rings is 1. The van der Waals surface area contributed by atoms with Crippen molar-refractivity contribution >= 4 is 0 Å². The molecule has 0 aromatic carbocycles. The third kappa shape index (κ3) is 2.93. The number of nitrogens with one attached hydrogen (secondary N) is 1. The number of hydrogen-bond donors (Lipinski definition) is 1. The van der Waals surface area contributed by atoms with Crippen LogP contribution in [0, 0.1) is 0 Å². The van der Waals surface area contributed by atoms with Gasteiger partial charge in [0.25, 0.3) is 0 Å². The second-order valence-electron chi connectivity index (χ2n) is 3.12. The Morgan fingerprint density at radius 3 is 2.62 bits per heavy atom. The maximum Gasteiger partial charge on any atom is 0.0867 e. The van der Waals surface area contributed by atoms with Crippen LogP contribution in [0.2, 0.25) is 0 Å². The Labute approximate surface area is 82.4 Å². The van der Waals surface area contributed by atoms with Crippen molar-refractivity contribution in [2.24, 2.45) is 0 Å². The number of likely N-dealkylation sites (N-methyl/N-ethyl adjacent to an activating group) is 1. The smallest absolute Gasteiger partial charge is 0.0867 e. The maximum atomic E-state index is 5.57. The molecule has 2 aliphatic heterocycles. The second-order valence-corrected chi connectivity index (χ2v) is 3.12. The number of rotatable bonds is 0. The van der Waals surface area contributed by atoms with Crippen LogP contribution >= 0.6 is 0 Å². The van der Waals surface area contributed by atoms with Gasteiger partial charge in [0.2, 0.25) is 0 Å². The Bertz CT molecular complexity index is 130. The van der Waals surface area contributed by atoms with E-state index < -0.39 is 0 Å². The molecule has 3 nitrogen and oxygen atoms in total. The van der Waals surface area contributed by atoms with E-state index in [-0.39, 0.29) is 7.43 Å². The Morgan fingerprint density at radius 1 is 1.31 bits per heavy atom. The van der Waals surface area contributed by atoms with Crippen molar-refractivity contribution in [1.29, 1.82) is 0 Å². The molecule has 2 atom stereocenters. The summed E-state index contributed by atoms with van der Waals surface area (Å²) < 4.78 is 5.57. The van der Waals surface area contributed by atoms with Gasteiger partial charge in [-0.15, -0.1) is 0 Å². The largest absolute Gasteiger partial charge is 0.374 e. The molecule has 2 unspecified atom stereocenters. The minimum absolute atomic E-state index is 0. The summed E-state index contributed by atoms with van der Waals surface area (Å²) in [6.07, 6.45) is 0.457. The third-order valence-corrected chi connectivity index (χ3v) is 2.47. The highest BCUT2D eigenvalue weighted by Gasteiger charge is 2.33. The SMILES string of the molecule is C.CC.CN1CCOC2CNCC21. The molecule has 0 spiro atoms. The van der Waals surface area contributed by atoms with Crippen LogP contribution in [0.4, 0.5) is 0 Å². The Kier molecular flexibility index (Phi) is 6.29. The summed E-state index contributed by atoms with van der Waals surface area (Å²) in [4.78, 5) is 2.38. The first-order valence-corrected chi connectivity index (χ1v) is 4.90. The van der Waals surface area contributed by atoms with Crippen molar-refractivity contribution in [3.63, 3.8) is 0 Å². The predicted molar refractivity (Wildman–Crippen MR) is 57.1 cm³/mol. The normalized spacial score (nSPS) is 32.5. The van der Waals surface area contributed by atoms with Gasteiger partial charge in [0.05, 0.1) is 12.7 Å². The molecule has 1 N–H and O–H groups in total. The van der Waals surface area contributed by atoms with Crippen LogP contribution in [0.1, 0.15) is 21.3 Å². The van der Waals surface area contributed by atoms with E-state index >= 15 is 0 Å². The number of fused-ring (bicyclic) bond motifs is 1. The molecule has 3 heteroatoms. The summed E-state index contributed by atoms with van der Waals surface area (Å²) in [6, 6.07) is 0.633. The van der Waals surface area contributed by atoms with E-state index in [1.165, 1.54) is 0 Å². The number of hydrogen-bond acceptors (Lipinski definition) is 3. The molecular weight excluding hydrogens is 164 g/mol. The van der Waals surface area contributed by atoms with Crippen LogP contribution in [0.25, 0.3) is 0 Å². The molecule has 2 saturated heterocycles. The average Bonchev–Trinajstić information content (AvgIpc) is 2.57. The molecule has 0 aromatic heterocycles. The number of ether oxygens (including phenoxy) is 1. The van der Waals surface area contributed by atoms with Gasteiger partial charge in [-0.25, -0.2) is 0 Å². The fourth-order valence-corrected chi connectivity index (χ4v) is 1.76. The summed E-state index contributed by atoms with van der Waals surface area (Å²) in [5, 5.41) is 3.33. The second kappa shape index (κ2) is 6.35. The summed E-state index contributed by atoms with van der Waals surface area (Å²) in [6.45, 7) is 8.12. The van der Waals surface area contributed by atoms with Gasteiger partial charge >= 0.3 is 0 Å². The van der Waals surface area contributed by atoms with Crippen molar-refractivity contribution in [3.05, 3.63) is 0 Å².